The number of hydrogen-bond acceptors (Lipinski definition) is 3. The van der Waals surface area contributed by atoms with E-state index in [1.165, 1.54) is 0 Å². The average Bonchev–Trinajstić information content (AvgIpc) is 2.74. The number of amides is 1. The first-order chi connectivity index (χ1) is 7.50. The maximum atomic E-state index is 11.8. The number of nitrogens with one attached hydrogen (secondary N) is 1. The van der Waals surface area contributed by atoms with Gasteiger partial charge in [0, 0.05) is 6.04 Å². The Morgan fingerprint density at radius 2 is 1.81 bits per heavy atom. The summed E-state index contributed by atoms with van der Waals surface area (Å²) in [5.41, 5.74) is 0.594. The van der Waals surface area contributed by atoms with Crippen LogP contribution in [0.5, 0.6) is 0 Å². The number of carboxylic acids is 1. The fourth-order valence-corrected chi connectivity index (χ4v) is 1.63. The Morgan fingerprint density at radius 1 is 1.25 bits per heavy atom. The largest absolute Gasteiger partial charge is 0.478 e. The number of rotatable bonds is 3. The normalized spacial score (nSPS) is 11.2. The highest BCUT2D eigenvalue weighted by Gasteiger charge is 2.27. The highest BCUT2D eigenvalue weighted by molar-refractivity contribution is 6.14. The summed E-state index contributed by atoms with van der Waals surface area (Å²) in [5.74, 6) is -1.56. The molecule has 2 heterocycles. The number of fused-ring (bicyclic) bond motifs is 2. The van der Waals surface area contributed by atoms with Crippen LogP contribution < -0.4 is 5.32 Å². The van der Waals surface area contributed by atoms with E-state index in [1.807, 2.05) is 0 Å². The van der Waals surface area contributed by atoms with Gasteiger partial charge >= 0.3 is 5.97 Å². The van der Waals surface area contributed by atoms with E-state index >= 15 is 0 Å². The van der Waals surface area contributed by atoms with Crippen LogP contribution in [0.1, 0.15) is 34.6 Å². The molecule has 1 amide bonds. The molecule has 0 fully saturated rings. The fraction of sp³-hybridized carbons (Fsp3) is 0.273. The Morgan fingerprint density at radius 3 is 2.31 bits per heavy atom. The Labute approximate surface area is 91.4 Å². The molecule has 0 unspecified atom stereocenters. The Bertz CT molecular complexity index is 541. The SMILES string of the molecule is CC(C)NC(=O)c1c(C(=O)O)c2ccc1o2. The van der Waals surface area contributed by atoms with Crippen LogP contribution in [0.15, 0.2) is 16.5 Å². The summed E-state index contributed by atoms with van der Waals surface area (Å²) in [6.07, 6.45) is 0. The highest BCUT2D eigenvalue weighted by atomic mass is 16.4. The molecule has 0 atom stereocenters. The van der Waals surface area contributed by atoms with Crippen LogP contribution >= 0.6 is 0 Å². The van der Waals surface area contributed by atoms with Crippen molar-refractivity contribution in [3.63, 3.8) is 0 Å². The topological polar surface area (TPSA) is 79.5 Å². The van der Waals surface area contributed by atoms with Crippen LogP contribution in [0.25, 0.3) is 11.2 Å². The lowest BCUT2D eigenvalue weighted by molar-refractivity contribution is 0.0693. The lowest BCUT2D eigenvalue weighted by Crippen LogP contribution is -2.31. The minimum absolute atomic E-state index is 0.0521. The van der Waals surface area contributed by atoms with Gasteiger partial charge in [-0.2, -0.15) is 0 Å². The third kappa shape index (κ3) is 1.50. The van der Waals surface area contributed by atoms with Crippen molar-refractivity contribution in [1.82, 2.24) is 5.32 Å². The van der Waals surface area contributed by atoms with Crippen molar-refractivity contribution in [2.24, 2.45) is 0 Å². The van der Waals surface area contributed by atoms with Crippen molar-refractivity contribution in [3.05, 3.63) is 23.3 Å². The van der Waals surface area contributed by atoms with Gasteiger partial charge in [0.25, 0.3) is 5.91 Å². The van der Waals surface area contributed by atoms with Crippen LogP contribution in [0.3, 0.4) is 0 Å². The molecular formula is C11H11NO4. The van der Waals surface area contributed by atoms with Crippen LogP contribution in [-0.2, 0) is 0 Å². The zero-order valence-electron chi connectivity index (χ0n) is 8.90. The van der Waals surface area contributed by atoms with Crippen molar-refractivity contribution in [2.45, 2.75) is 19.9 Å². The first-order valence-corrected chi connectivity index (χ1v) is 4.89. The van der Waals surface area contributed by atoms with Gasteiger partial charge < -0.3 is 14.8 Å². The average molecular weight is 221 g/mol. The molecule has 5 heteroatoms. The first kappa shape index (κ1) is 10.5. The maximum Gasteiger partial charge on any atom is 0.340 e. The number of aromatic carboxylic acids is 1. The van der Waals surface area contributed by atoms with Gasteiger partial charge in [-0.1, -0.05) is 0 Å². The molecule has 2 aromatic rings. The Hall–Kier alpha value is -2.04. The molecule has 0 aliphatic rings. The summed E-state index contributed by atoms with van der Waals surface area (Å²) >= 11 is 0. The van der Waals surface area contributed by atoms with Crippen molar-refractivity contribution < 1.29 is 19.1 Å². The molecule has 0 aromatic carbocycles. The Balaban J connectivity index is 2.48. The van der Waals surface area contributed by atoms with Gasteiger partial charge in [-0.25, -0.2) is 4.79 Å². The van der Waals surface area contributed by atoms with E-state index in [4.69, 9.17) is 9.52 Å². The van der Waals surface area contributed by atoms with Crippen molar-refractivity contribution in [2.75, 3.05) is 0 Å². The van der Waals surface area contributed by atoms with Gasteiger partial charge in [0.1, 0.15) is 22.3 Å². The van der Waals surface area contributed by atoms with Gasteiger partial charge in [-0.05, 0) is 26.0 Å². The molecule has 0 saturated heterocycles. The summed E-state index contributed by atoms with van der Waals surface area (Å²) in [6.45, 7) is 3.61. The lowest BCUT2D eigenvalue weighted by atomic mass is 10.1. The van der Waals surface area contributed by atoms with Gasteiger partial charge in [-0.3, -0.25) is 4.79 Å². The molecule has 2 aromatic heterocycles. The predicted octanol–water partition coefficient (Wildman–Crippen LogP) is 1.71. The quantitative estimate of drug-likeness (QED) is 0.826. The van der Waals surface area contributed by atoms with E-state index in [0.29, 0.717) is 5.58 Å². The standard InChI is InChI=1S/C11H11NO4/c1-5(2)12-10(13)8-6-3-4-7(16-6)9(8)11(14)15/h3-5H,1-2H3,(H,12,13)(H,14,15). The molecule has 0 radical (unpaired) electrons. The second-order valence-electron chi connectivity index (χ2n) is 3.85. The lowest BCUT2D eigenvalue weighted by Gasteiger charge is -2.07. The number of hydrogen-bond donors (Lipinski definition) is 2. The van der Waals surface area contributed by atoms with E-state index in [9.17, 15) is 9.59 Å². The highest BCUT2D eigenvalue weighted by Crippen LogP contribution is 2.28. The molecule has 2 bridgehead atoms. The fourth-order valence-electron chi connectivity index (χ4n) is 1.63. The number of carbonyl (C=O) groups excluding carboxylic acids is 1. The zero-order chi connectivity index (χ0) is 11.9. The van der Waals surface area contributed by atoms with Crippen molar-refractivity contribution in [1.29, 1.82) is 0 Å². The summed E-state index contributed by atoms with van der Waals surface area (Å²) < 4.78 is 5.17. The van der Waals surface area contributed by atoms with E-state index in [-0.39, 0.29) is 22.8 Å². The second-order valence-corrected chi connectivity index (χ2v) is 3.85. The van der Waals surface area contributed by atoms with Crippen LogP contribution in [0.2, 0.25) is 0 Å². The summed E-state index contributed by atoms with van der Waals surface area (Å²) in [7, 11) is 0. The third-order valence-corrected chi connectivity index (χ3v) is 2.21. The monoisotopic (exact) mass is 221 g/mol. The minimum atomic E-state index is -1.15. The van der Waals surface area contributed by atoms with Gasteiger partial charge in [0.15, 0.2) is 0 Å². The molecule has 0 aliphatic carbocycles. The first-order valence-electron chi connectivity index (χ1n) is 4.89. The third-order valence-electron chi connectivity index (χ3n) is 2.21. The van der Waals surface area contributed by atoms with Crippen molar-refractivity contribution in [3.8, 4) is 0 Å². The van der Waals surface area contributed by atoms with E-state index in [0.717, 1.165) is 0 Å². The smallest absolute Gasteiger partial charge is 0.340 e. The second kappa shape index (κ2) is 3.52. The van der Waals surface area contributed by atoms with Crippen LogP contribution in [-0.4, -0.2) is 23.0 Å². The van der Waals surface area contributed by atoms with E-state index < -0.39 is 11.9 Å². The molecule has 0 aliphatic heterocycles. The van der Waals surface area contributed by atoms with E-state index in [1.54, 1.807) is 26.0 Å². The van der Waals surface area contributed by atoms with Crippen LogP contribution in [0, 0.1) is 0 Å². The minimum Gasteiger partial charge on any atom is -0.478 e. The molecule has 2 N–H and O–H groups in total. The molecule has 84 valence electrons. The predicted molar refractivity (Wildman–Crippen MR) is 57.0 cm³/mol. The van der Waals surface area contributed by atoms with E-state index in [2.05, 4.69) is 5.32 Å². The number of furan rings is 2. The molecule has 2 rings (SSSR count). The van der Waals surface area contributed by atoms with Crippen molar-refractivity contribution >= 4 is 23.0 Å². The summed E-state index contributed by atoms with van der Waals surface area (Å²) in [6, 6.07) is 3.09. The number of benzene rings is 1. The summed E-state index contributed by atoms with van der Waals surface area (Å²) in [4.78, 5) is 22.8. The molecule has 5 nitrogen and oxygen atoms in total. The molecule has 0 saturated carbocycles. The van der Waals surface area contributed by atoms with Gasteiger partial charge in [0.2, 0.25) is 0 Å². The molecular weight excluding hydrogens is 210 g/mol. The summed E-state index contributed by atoms with van der Waals surface area (Å²) in [5, 5.41) is 11.6. The van der Waals surface area contributed by atoms with Gasteiger partial charge in [0.05, 0.1) is 0 Å². The molecule has 0 spiro atoms. The molecule has 16 heavy (non-hydrogen) atoms. The zero-order valence-corrected chi connectivity index (χ0v) is 8.90. The Kier molecular flexibility index (Phi) is 2.30. The number of carbonyl (C=O) groups is 2. The van der Waals surface area contributed by atoms with Crippen LogP contribution in [0.4, 0.5) is 0 Å². The maximum absolute atomic E-state index is 11.8. The number of carboxylic acid groups (broad SMARTS) is 1. The van der Waals surface area contributed by atoms with Gasteiger partial charge in [-0.15, -0.1) is 0 Å².